The monoisotopic (exact) mass is 212 g/mol. The van der Waals surface area contributed by atoms with Crippen molar-refractivity contribution in [3.05, 3.63) is 0 Å². The number of rotatable bonds is 7. The van der Waals surface area contributed by atoms with Crippen LogP contribution < -0.4 is 5.32 Å². The highest BCUT2D eigenvalue weighted by atomic mass is 15.1. The van der Waals surface area contributed by atoms with Gasteiger partial charge in [0.25, 0.3) is 0 Å². The van der Waals surface area contributed by atoms with Gasteiger partial charge in [-0.1, -0.05) is 33.6 Å². The normalized spacial score (nSPS) is 21.8. The predicted molar refractivity (Wildman–Crippen MR) is 67.2 cm³/mol. The minimum Gasteiger partial charge on any atom is -0.313 e. The molecule has 1 N–H and O–H groups in total. The topological polar surface area (TPSA) is 15.3 Å². The molecule has 0 saturated carbocycles. The van der Waals surface area contributed by atoms with Gasteiger partial charge < -0.3 is 10.2 Å². The summed E-state index contributed by atoms with van der Waals surface area (Å²) in [4.78, 5) is 2.63. The fraction of sp³-hybridized carbons (Fsp3) is 1.00. The molecule has 15 heavy (non-hydrogen) atoms. The second-order valence-corrected chi connectivity index (χ2v) is 4.83. The Morgan fingerprint density at radius 3 is 2.47 bits per heavy atom. The lowest BCUT2D eigenvalue weighted by Gasteiger charge is -2.27. The van der Waals surface area contributed by atoms with Crippen molar-refractivity contribution in [1.29, 1.82) is 0 Å². The van der Waals surface area contributed by atoms with E-state index < -0.39 is 0 Å². The molecule has 1 fully saturated rings. The minimum atomic E-state index is 0.763. The van der Waals surface area contributed by atoms with Crippen molar-refractivity contribution in [2.45, 2.75) is 52.5 Å². The van der Waals surface area contributed by atoms with Gasteiger partial charge in [-0.15, -0.1) is 0 Å². The van der Waals surface area contributed by atoms with Crippen LogP contribution in [0.5, 0.6) is 0 Å². The lowest BCUT2D eigenvalue weighted by atomic mass is 10.0. The molecular formula is C13H28N2. The summed E-state index contributed by atoms with van der Waals surface area (Å²) in [6, 6.07) is 0.763. The third kappa shape index (κ3) is 4.52. The van der Waals surface area contributed by atoms with E-state index in [0.717, 1.165) is 12.0 Å². The maximum absolute atomic E-state index is 3.59. The highest BCUT2D eigenvalue weighted by Crippen LogP contribution is 2.12. The van der Waals surface area contributed by atoms with Crippen LogP contribution in [0.2, 0.25) is 0 Å². The summed E-state index contributed by atoms with van der Waals surface area (Å²) in [5.74, 6) is 0.895. The summed E-state index contributed by atoms with van der Waals surface area (Å²) in [5, 5.41) is 3.59. The van der Waals surface area contributed by atoms with E-state index in [1.807, 2.05) is 0 Å². The largest absolute Gasteiger partial charge is 0.313 e. The van der Waals surface area contributed by atoms with Crippen molar-refractivity contribution in [2.75, 3.05) is 26.2 Å². The molecule has 1 heterocycles. The van der Waals surface area contributed by atoms with Crippen LogP contribution in [0.25, 0.3) is 0 Å². The van der Waals surface area contributed by atoms with Gasteiger partial charge in [0.1, 0.15) is 0 Å². The van der Waals surface area contributed by atoms with Crippen LogP contribution >= 0.6 is 0 Å². The first-order valence-corrected chi connectivity index (χ1v) is 6.75. The summed E-state index contributed by atoms with van der Waals surface area (Å²) in [6.45, 7) is 11.9. The second-order valence-electron chi connectivity index (χ2n) is 4.83. The van der Waals surface area contributed by atoms with Crippen molar-refractivity contribution in [2.24, 2.45) is 5.92 Å². The molecule has 0 aliphatic carbocycles. The van der Waals surface area contributed by atoms with E-state index in [9.17, 15) is 0 Å². The molecule has 0 radical (unpaired) electrons. The average molecular weight is 212 g/mol. The van der Waals surface area contributed by atoms with Gasteiger partial charge in [0.2, 0.25) is 0 Å². The molecule has 1 rings (SSSR count). The molecule has 0 amide bonds. The van der Waals surface area contributed by atoms with Crippen LogP contribution in [-0.4, -0.2) is 37.1 Å². The highest BCUT2D eigenvalue weighted by molar-refractivity contribution is 4.78. The SMILES string of the molecule is CCC(CC)CN(CC)C[C@@H]1CCCN1. The number of nitrogens with one attached hydrogen (secondary N) is 1. The quantitative estimate of drug-likeness (QED) is 0.697. The van der Waals surface area contributed by atoms with E-state index in [0.29, 0.717) is 0 Å². The molecule has 2 nitrogen and oxygen atoms in total. The zero-order valence-electron chi connectivity index (χ0n) is 10.8. The van der Waals surface area contributed by atoms with Gasteiger partial charge in [0, 0.05) is 19.1 Å². The Hall–Kier alpha value is -0.0800. The molecule has 2 heteroatoms. The van der Waals surface area contributed by atoms with Gasteiger partial charge >= 0.3 is 0 Å². The van der Waals surface area contributed by atoms with Crippen molar-refractivity contribution >= 4 is 0 Å². The Kier molecular flexibility index (Phi) is 6.26. The van der Waals surface area contributed by atoms with E-state index in [2.05, 4.69) is 31.0 Å². The second kappa shape index (κ2) is 7.24. The molecule has 1 aliphatic rings. The highest BCUT2D eigenvalue weighted by Gasteiger charge is 2.18. The van der Waals surface area contributed by atoms with E-state index in [1.54, 1.807) is 0 Å². The summed E-state index contributed by atoms with van der Waals surface area (Å²) in [5.41, 5.74) is 0. The first-order chi connectivity index (χ1) is 7.30. The number of likely N-dealkylation sites (N-methyl/N-ethyl adjacent to an activating group) is 1. The van der Waals surface area contributed by atoms with Crippen LogP contribution in [-0.2, 0) is 0 Å². The van der Waals surface area contributed by atoms with Crippen LogP contribution in [0, 0.1) is 5.92 Å². The Balaban J connectivity index is 2.27. The molecule has 0 aromatic rings. The lowest BCUT2D eigenvalue weighted by Crippen LogP contribution is -2.39. The lowest BCUT2D eigenvalue weighted by molar-refractivity contribution is 0.216. The van der Waals surface area contributed by atoms with Crippen molar-refractivity contribution in [3.8, 4) is 0 Å². The summed E-state index contributed by atoms with van der Waals surface area (Å²) in [6.07, 6.45) is 5.39. The van der Waals surface area contributed by atoms with Crippen LogP contribution in [0.15, 0.2) is 0 Å². The van der Waals surface area contributed by atoms with E-state index >= 15 is 0 Å². The van der Waals surface area contributed by atoms with E-state index in [-0.39, 0.29) is 0 Å². The fourth-order valence-electron chi connectivity index (χ4n) is 2.47. The molecule has 1 aliphatic heterocycles. The number of hydrogen-bond donors (Lipinski definition) is 1. The van der Waals surface area contributed by atoms with Gasteiger partial charge in [-0.05, 0) is 31.8 Å². The van der Waals surface area contributed by atoms with E-state index in [4.69, 9.17) is 0 Å². The van der Waals surface area contributed by atoms with Gasteiger partial charge in [-0.2, -0.15) is 0 Å². The van der Waals surface area contributed by atoms with Gasteiger partial charge in [0.05, 0.1) is 0 Å². The van der Waals surface area contributed by atoms with Crippen LogP contribution in [0.3, 0.4) is 0 Å². The molecule has 0 spiro atoms. The summed E-state index contributed by atoms with van der Waals surface area (Å²) in [7, 11) is 0. The Labute approximate surface area is 95.4 Å². The van der Waals surface area contributed by atoms with Crippen molar-refractivity contribution in [3.63, 3.8) is 0 Å². The third-order valence-electron chi connectivity index (χ3n) is 3.76. The maximum Gasteiger partial charge on any atom is 0.0195 e. The summed E-state index contributed by atoms with van der Waals surface area (Å²) < 4.78 is 0. The van der Waals surface area contributed by atoms with Gasteiger partial charge in [0.15, 0.2) is 0 Å². The summed E-state index contributed by atoms with van der Waals surface area (Å²) >= 11 is 0. The smallest absolute Gasteiger partial charge is 0.0195 e. The zero-order valence-corrected chi connectivity index (χ0v) is 10.8. The fourth-order valence-corrected chi connectivity index (χ4v) is 2.47. The van der Waals surface area contributed by atoms with Crippen LogP contribution in [0.4, 0.5) is 0 Å². The van der Waals surface area contributed by atoms with E-state index in [1.165, 1.54) is 51.9 Å². The van der Waals surface area contributed by atoms with Gasteiger partial charge in [-0.25, -0.2) is 0 Å². The number of hydrogen-bond acceptors (Lipinski definition) is 2. The van der Waals surface area contributed by atoms with Crippen molar-refractivity contribution < 1.29 is 0 Å². The zero-order chi connectivity index (χ0) is 11.1. The molecular weight excluding hydrogens is 184 g/mol. The molecule has 0 unspecified atom stereocenters. The first-order valence-electron chi connectivity index (χ1n) is 6.75. The molecule has 0 aromatic heterocycles. The maximum atomic E-state index is 3.59. The molecule has 0 aromatic carbocycles. The first kappa shape index (κ1) is 13.0. The van der Waals surface area contributed by atoms with Crippen molar-refractivity contribution in [1.82, 2.24) is 10.2 Å². The number of nitrogens with zero attached hydrogens (tertiary/aromatic N) is 1. The average Bonchev–Trinajstić information content (AvgIpc) is 2.76. The standard InChI is InChI=1S/C13H28N2/c1-4-12(5-2)10-15(6-3)11-13-8-7-9-14-13/h12-14H,4-11H2,1-3H3/t13-/m0/s1. The van der Waals surface area contributed by atoms with Crippen LogP contribution in [0.1, 0.15) is 46.5 Å². The minimum absolute atomic E-state index is 0.763. The molecule has 1 atom stereocenters. The molecule has 0 bridgehead atoms. The Bertz CT molecular complexity index is 145. The third-order valence-corrected chi connectivity index (χ3v) is 3.76. The van der Waals surface area contributed by atoms with Gasteiger partial charge in [-0.3, -0.25) is 0 Å². The Morgan fingerprint density at radius 1 is 1.27 bits per heavy atom. The molecule has 1 saturated heterocycles. The Morgan fingerprint density at radius 2 is 2.00 bits per heavy atom. The molecule has 90 valence electrons. The predicted octanol–water partition coefficient (Wildman–Crippen LogP) is 2.50.